The molecule has 194 valence electrons. The Bertz CT molecular complexity index is 1120. The second-order valence-electron chi connectivity index (χ2n) is 12.0. The van der Waals surface area contributed by atoms with Gasteiger partial charge in [0.05, 0.1) is 24.0 Å². The van der Waals surface area contributed by atoms with Gasteiger partial charge in [-0.3, -0.25) is 4.79 Å². The third-order valence-electron chi connectivity index (χ3n) is 7.91. The minimum atomic E-state index is -1.14. The number of nitrogens with zero attached hydrogens (tertiary/aromatic N) is 5. The van der Waals surface area contributed by atoms with Gasteiger partial charge in [-0.05, 0) is 63.1 Å². The van der Waals surface area contributed by atoms with E-state index in [1.165, 1.54) is 25.7 Å². The quantitative estimate of drug-likeness (QED) is 0.291. The van der Waals surface area contributed by atoms with Crippen molar-refractivity contribution < 1.29 is 9.53 Å². The Morgan fingerprint density at radius 2 is 1.97 bits per heavy atom. The molecule has 0 aromatic carbocycles. The number of nitriles is 1. The Morgan fingerprint density at radius 1 is 1.19 bits per heavy atom. The summed E-state index contributed by atoms with van der Waals surface area (Å²) in [7, 11) is -1.14. The lowest BCUT2D eigenvalue weighted by Gasteiger charge is -2.44. The molecule has 0 radical (unpaired) electrons. The van der Waals surface area contributed by atoms with Crippen molar-refractivity contribution in [2.75, 3.05) is 31.3 Å². The second kappa shape index (κ2) is 10.5. The molecule has 2 aromatic rings. The van der Waals surface area contributed by atoms with Crippen molar-refractivity contribution in [1.29, 1.82) is 5.26 Å². The number of carbonyl (C=O) groups is 1. The zero-order chi connectivity index (χ0) is 25.3. The number of pyridine rings is 1. The SMILES string of the molecule is C[Si](C)(C)CCOCn1ccc2c3c(cnc21)C(=O)N(CC#N)CN3C1CCC(CNC2CC2)CC1. The van der Waals surface area contributed by atoms with Gasteiger partial charge >= 0.3 is 0 Å². The summed E-state index contributed by atoms with van der Waals surface area (Å²) >= 11 is 0. The van der Waals surface area contributed by atoms with E-state index >= 15 is 0 Å². The van der Waals surface area contributed by atoms with Crippen molar-refractivity contribution in [2.24, 2.45) is 5.92 Å². The molecule has 0 saturated heterocycles. The van der Waals surface area contributed by atoms with Gasteiger partial charge in [-0.2, -0.15) is 5.26 Å². The van der Waals surface area contributed by atoms with Crippen molar-refractivity contribution in [1.82, 2.24) is 19.8 Å². The van der Waals surface area contributed by atoms with Crippen LogP contribution in [0.3, 0.4) is 0 Å². The Balaban J connectivity index is 1.36. The molecular weight excluding hydrogens is 468 g/mol. The fourth-order valence-electron chi connectivity index (χ4n) is 5.51. The van der Waals surface area contributed by atoms with Crippen LogP contribution in [0.5, 0.6) is 0 Å². The van der Waals surface area contributed by atoms with Gasteiger partial charge in [0.15, 0.2) is 0 Å². The summed E-state index contributed by atoms with van der Waals surface area (Å²) < 4.78 is 8.05. The topological polar surface area (TPSA) is 86.4 Å². The van der Waals surface area contributed by atoms with Crippen LogP contribution in [0.4, 0.5) is 5.69 Å². The van der Waals surface area contributed by atoms with Crippen molar-refractivity contribution in [3.63, 3.8) is 0 Å². The maximum Gasteiger partial charge on any atom is 0.259 e. The average Bonchev–Trinajstić information content (AvgIpc) is 3.60. The molecule has 5 rings (SSSR count). The predicted octanol–water partition coefficient (Wildman–Crippen LogP) is 4.40. The van der Waals surface area contributed by atoms with Crippen LogP contribution < -0.4 is 10.2 Å². The maximum absolute atomic E-state index is 13.3. The molecule has 9 heteroatoms. The third kappa shape index (κ3) is 5.61. The van der Waals surface area contributed by atoms with E-state index in [2.05, 4.69) is 42.0 Å². The normalized spacial score (nSPS) is 22.7. The predicted molar refractivity (Wildman–Crippen MR) is 145 cm³/mol. The standard InChI is InChI=1S/C27H40N6O2Si/c1-36(2,3)15-14-35-19-32-12-10-23-25-24(17-30-26(23)32)27(34)31(13-11-28)18-33(25)22-8-4-20(5-9-22)16-29-21-6-7-21/h10,12,17,20-22,29H,4-9,13-16,18-19H2,1-3H3. The second-order valence-corrected chi connectivity index (χ2v) is 17.6. The molecule has 3 aliphatic rings. The highest BCUT2D eigenvalue weighted by molar-refractivity contribution is 6.76. The van der Waals surface area contributed by atoms with Crippen LogP contribution in [0, 0.1) is 17.2 Å². The number of rotatable bonds is 10. The molecule has 36 heavy (non-hydrogen) atoms. The van der Waals surface area contributed by atoms with Crippen LogP contribution in [0.1, 0.15) is 48.9 Å². The molecule has 2 aliphatic carbocycles. The van der Waals surface area contributed by atoms with E-state index in [9.17, 15) is 10.1 Å². The Morgan fingerprint density at radius 3 is 2.67 bits per heavy atom. The molecule has 1 amide bonds. The molecular formula is C27H40N6O2Si. The minimum absolute atomic E-state index is 0.0966. The van der Waals surface area contributed by atoms with E-state index in [1.807, 2.05) is 10.8 Å². The first-order valence-corrected chi connectivity index (χ1v) is 17.3. The minimum Gasteiger partial charge on any atom is -0.361 e. The van der Waals surface area contributed by atoms with Gasteiger partial charge in [-0.15, -0.1) is 0 Å². The van der Waals surface area contributed by atoms with Crippen LogP contribution >= 0.6 is 0 Å². The van der Waals surface area contributed by atoms with Crippen LogP contribution in [-0.4, -0.2) is 66.9 Å². The number of anilines is 1. The zero-order valence-corrected chi connectivity index (χ0v) is 23.0. The summed E-state index contributed by atoms with van der Waals surface area (Å²) in [6.45, 7) is 9.97. The molecule has 1 aliphatic heterocycles. The molecule has 3 heterocycles. The number of hydrogen-bond donors (Lipinski definition) is 1. The number of hydrogen-bond acceptors (Lipinski definition) is 6. The molecule has 0 bridgehead atoms. The van der Waals surface area contributed by atoms with Crippen molar-refractivity contribution >= 4 is 30.7 Å². The highest BCUT2D eigenvalue weighted by atomic mass is 28.3. The van der Waals surface area contributed by atoms with Crippen molar-refractivity contribution in [2.45, 2.75) is 83.0 Å². The first kappa shape index (κ1) is 25.2. The van der Waals surface area contributed by atoms with Crippen LogP contribution in [0.2, 0.25) is 25.7 Å². The van der Waals surface area contributed by atoms with Gasteiger partial charge in [0.2, 0.25) is 0 Å². The van der Waals surface area contributed by atoms with Gasteiger partial charge in [0, 0.05) is 44.5 Å². The molecule has 0 unspecified atom stereocenters. The van der Waals surface area contributed by atoms with E-state index in [4.69, 9.17) is 9.72 Å². The van der Waals surface area contributed by atoms with E-state index in [-0.39, 0.29) is 12.5 Å². The lowest BCUT2D eigenvalue weighted by Crippen LogP contribution is -2.52. The molecule has 2 saturated carbocycles. The summed E-state index contributed by atoms with van der Waals surface area (Å²) in [4.78, 5) is 22.0. The molecule has 2 aromatic heterocycles. The highest BCUT2D eigenvalue weighted by Gasteiger charge is 2.37. The summed E-state index contributed by atoms with van der Waals surface area (Å²) in [5.74, 6) is 0.633. The summed E-state index contributed by atoms with van der Waals surface area (Å²) in [6, 6.07) is 6.50. The Labute approximate surface area is 215 Å². The van der Waals surface area contributed by atoms with Crippen molar-refractivity contribution in [3.05, 3.63) is 24.0 Å². The average molecular weight is 509 g/mol. The van der Waals surface area contributed by atoms with Gasteiger partial charge in [-0.25, -0.2) is 4.98 Å². The van der Waals surface area contributed by atoms with Gasteiger partial charge < -0.3 is 24.4 Å². The molecule has 2 fully saturated rings. The Kier molecular flexibility index (Phi) is 7.38. The summed E-state index contributed by atoms with van der Waals surface area (Å²) in [6.07, 6.45) is 11.0. The van der Waals surface area contributed by atoms with E-state index in [1.54, 1.807) is 11.1 Å². The monoisotopic (exact) mass is 508 g/mol. The fraction of sp³-hybridized carbons (Fsp3) is 0.667. The maximum atomic E-state index is 13.3. The fourth-order valence-corrected chi connectivity index (χ4v) is 6.27. The number of aromatic nitrogens is 2. The molecule has 0 spiro atoms. The largest absolute Gasteiger partial charge is 0.361 e. The first-order chi connectivity index (χ1) is 17.3. The van der Waals surface area contributed by atoms with E-state index in [0.29, 0.717) is 25.0 Å². The lowest BCUT2D eigenvalue weighted by atomic mass is 9.84. The van der Waals surface area contributed by atoms with Crippen LogP contribution in [0.25, 0.3) is 11.0 Å². The molecule has 0 atom stereocenters. The van der Waals surface area contributed by atoms with Crippen LogP contribution in [-0.2, 0) is 11.5 Å². The van der Waals surface area contributed by atoms with E-state index < -0.39 is 8.07 Å². The van der Waals surface area contributed by atoms with Crippen LogP contribution in [0.15, 0.2) is 18.5 Å². The molecule has 1 N–H and O–H groups in total. The number of carbonyl (C=O) groups excluding carboxylic acids is 1. The molecule has 8 nitrogen and oxygen atoms in total. The van der Waals surface area contributed by atoms with E-state index in [0.717, 1.165) is 60.7 Å². The summed E-state index contributed by atoms with van der Waals surface area (Å²) in [5, 5.41) is 14.1. The Hall–Kier alpha value is -2.41. The van der Waals surface area contributed by atoms with Gasteiger partial charge in [-0.1, -0.05) is 19.6 Å². The number of fused-ring (bicyclic) bond motifs is 3. The third-order valence-corrected chi connectivity index (χ3v) is 9.61. The smallest absolute Gasteiger partial charge is 0.259 e. The number of nitrogens with one attached hydrogen (secondary N) is 1. The number of amides is 1. The highest BCUT2D eigenvalue weighted by Crippen LogP contribution is 2.39. The van der Waals surface area contributed by atoms with Crippen molar-refractivity contribution in [3.8, 4) is 6.07 Å². The summed E-state index contributed by atoms with van der Waals surface area (Å²) in [5.41, 5.74) is 2.45. The lowest BCUT2D eigenvalue weighted by molar-refractivity contribution is 0.0754. The first-order valence-electron chi connectivity index (χ1n) is 13.6. The number of ether oxygens (including phenoxy) is 1. The zero-order valence-electron chi connectivity index (χ0n) is 22.0. The van der Waals surface area contributed by atoms with Gasteiger partial charge in [0.1, 0.15) is 18.9 Å². The van der Waals surface area contributed by atoms with Gasteiger partial charge in [0.25, 0.3) is 5.91 Å².